The van der Waals surface area contributed by atoms with Crippen LogP contribution in [0.5, 0.6) is 0 Å². The van der Waals surface area contributed by atoms with Crippen molar-refractivity contribution in [3.63, 3.8) is 0 Å². The topological polar surface area (TPSA) is 63.4 Å². The first-order valence-electron chi connectivity index (χ1n) is 6.82. The molecule has 0 aromatic heterocycles. The molecule has 0 spiro atoms. The van der Waals surface area contributed by atoms with E-state index in [0.29, 0.717) is 5.69 Å². The summed E-state index contributed by atoms with van der Waals surface area (Å²) in [5.74, 6) is -1.13. The molecular formula is C13H17N4O2P. The lowest BCUT2D eigenvalue weighted by atomic mass is 10.2. The number of nitrogens with zero attached hydrogens (tertiary/aromatic N) is 3. The lowest BCUT2D eigenvalue weighted by molar-refractivity contribution is -0.923. The Morgan fingerprint density at radius 3 is 2.60 bits per heavy atom. The molecule has 2 atom stereocenters. The minimum Gasteiger partial charge on any atom is -0.545 e. The molecule has 0 amide bonds. The molecule has 5 rings (SSSR count). The number of nitrogens with one attached hydrogen (secondary N) is 1. The minimum absolute atomic E-state index is 0.221. The van der Waals surface area contributed by atoms with Gasteiger partial charge in [-0.2, -0.15) is 0 Å². The van der Waals surface area contributed by atoms with Crippen LogP contribution in [-0.4, -0.2) is 54.6 Å². The quantitative estimate of drug-likeness (QED) is 0.722. The van der Waals surface area contributed by atoms with Gasteiger partial charge in [-0.25, -0.2) is 9.80 Å². The van der Waals surface area contributed by atoms with Crippen molar-refractivity contribution in [3.8, 4) is 0 Å². The molecule has 2 unspecified atom stereocenters. The zero-order valence-corrected chi connectivity index (χ0v) is 12.1. The molecule has 4 saturated heterocycles. The van der Waals surface area contributed by atoms with Gasteiger partial charge in [0.05, 0.1) is 25.4 Å². The third-order valence-electron chi connectivity index (χ3n) is 4.18. The number of aromatic carboxylic acids is 1. The number of quaternary nitrogens is 1. The van der Waals surface area contributed by atoms with E-state index in [1.54, 1.807) is 23.1 Å². The second kappa shape index (κ2) is 4.40. The van der Waals surface area contributed by atoms with E-state index in [4.69, 9.17) is 4.74 Å². The van der Waals surface area contributed by atoms with Crippen LogP contribution in [-0.2, 0) is 0 Å². The van der Waals surface area contributed by atoms with Crippen LogP contribution in [0.25, 0.3) is 0 Å². The Morgan fingerprint density at radius 2 is 1.95 bits per heavy atom. The van der Waals surface area contributed by atoms with Crippen LogP contribution in [0.4, 0.5) is 5.69 Å². The average Bonchev–Trinajstić information content (AvgIpc) is 2.36. The Labute approximate surface area is 117 Å². The molecule has 20 heavy (non-hydrogen) atoms. The Kier molecular flexibility index (Phi) is 2.76. The highest BCUT2D eigenvalue weighted by atomic mass is 31.2. The van der Waals surface area contributed by atoms with Crippen molar-refractivity contribution < 1.29 is 14.8 Å². The summed E-state index contributed by atoms with van der Waals surface area (Å²) in [5.41, 5.74) is 0.823. The Balaban J connectivity index is 1.79. The fraction of sp³-hybridized carbons (Fsp3) is 0.462. The number of carboxylic acids is 1. The van der Waals surface area contributed by atoms with Gasteiger partial charge in [-0.1, -0.05) is 18.2 Å². The molecule has 4 fully saturated rings. The van der Waals surface area contributed by atoms with Gasteiger partial charge in [-0.05, 0) is 6.07 Å². The normalized spacial score (nSPS) is 37.9. The maximum atomic E-state index is 11.2. The number of carboxylic acid groups (broad SMARTS) is 1. The Hall–Kier alpha value is -1.20. The molecule has 6 nitrogen and oxygen atoms in total. The van der Waals surface area contributed by atoms with Crippen molar-refractivity contribution in [2.45, 2.75) is 0 Å². The predicted molar refractivity (Wildman–Crippen MR) is 73.6 cm³/mol. The standard InChI is InChI=1S/C13H17N4O2P/c18-13(19)11-3-1-2-4-12(11)14-20-8-15-5-16(9-20)7-17(6-15)10-20/h1-4H,5-10H2,(H,18,19). The van der Waals surface area contributed by atoms with Crippen LogP contribution in [0.15, 0.2) is 29.0 Å². The van der Waals surface area contributed by atoms with Gasteiger partial charge in [0, 0.05) is 18.1 Å². The molecular weight excluding hydrogens is 275 g/mol. The molecule has 4 aliphatic rings. The van der Waals surface area contributed by atoms with Gasteiger partial charge < -0.3 is 14.8 Å². The first kappa shape index (κ1) is 12.5. The SMILES string of the molecule is O=C([O-])c1ccccc1N=P12CN3CN(C[NH+](C3)C1)C2. The van der Waals surface area contributed by atoms with Gasteiger partial charge in [0.25, 0.3) is 0 Å². The highest BCUT2D eigenvalue weighted by Crippen LogP contribution is 2.55. The fourth-order valence-electron chi connectivity index (χ4n) is 3.72. The maximum Gasteiger partial charge on any atom is 0.136 e. The molecule has 0 aliphatic carbocycles. The molecule has 4 heterocycles. The summed E-state index contributed by atoms with van der Waals surface area (Å²) in [7, 11) is -1.49. The van der Waals surface area contributed by atoms with Gasteiger partial charge in [-0.15, -0.1) is 0 Å². The van der Waals surface area contributed by atoms with Gasteiger partial charge in [0.2, 0.25) is 0 Å². The molecule has 1 N–H and O–H groups in total. The lowest BCUT2D eigenvalue weighted by Crippen LogP contribution is -3.19. The molecule has 4 aliphatic heterocycles. The second-order valence-electron chi connectivity index (χ2n) is 5.99. The smallest absolute Gasteiger partial charge is 0.136 e. The summed E-state index contributed by atoms with van der Waals surface area (Å²) >= 11 is 0. The van der Waals surface area contributed by atoms with Gasteiger partial charge in [0.15, 0.2) is 0 Å². The van der Waals surface area contributed by atoms with Crippen LogP contribution < -0.4 is 10.0 Å². The molecule has 0 radical (unpaired) electrons. The number of carbonyl (C=O) groups excluding carboxylic acids is 1. The largest absolute Gasteiger partial charge is 0.545 e. The van der Waals surface area contributed by atoms with Crippen LogP contribution in [0.3, 0.4) is 0 Å². The zero-order chi connectivity index (χ0) is 13.7. The monoisotopic (exact) mass is 292 g/mol. The van der Waals surface area contributed by atoms with Crippen LogP contribution in [0.1, 0.15) is 10.4 Å². The summed E-state index contributed by atoms with van der Waals surface area (Å²) in [4.78, 5) is 17.7. The van der Waals surface area contributed by atoms with Crippen LogP contribution in [0, 0.1) is 0 Å². The van der Waals surface area contributed by atoms with E-state index in [0.717, 1.165) is 38.9 Å². The van der Waals surface area contributed by atoms with Crippen molar-refractivity contribution in [2.24, 2.45) is 4.74 Å². The minimum atomic E-state index is -1.49. The third-order valence-corrected chi connectivity index (χ3v) is 7.71. The molecule has 106 valence electrons. The summed E-state index contributed by atoms with van der Waals surface area (Å²) < 4.78 is 4.96. The maximum absolute atomic E-state index is 11.2. The lowest BCUT2D eigenvalue weighted by Gasteiger charge is -2.53. The summed E-state index contributed by atoms with van der Waals surface area (Å²) in [6.07, 6.45) is 3.17. The van der Waals surface area contributed by atoms with E-state index >= 15 is 0 Å². The Bertz CT molecular complexity index is 589. The van der Waals surface area contributed by atoms with Crippen LogP contribution in [0.2, 0.25) is 0 Å². The van der Waals surface area contributed by atoms with E-state index < -0.39 is 13.0 Å². The van der Waals surface area contributed by atoms with E-state index in [1.165, 1.54) is 0 Å². The molecule has 4 bridgehead atoms. The molecule has 1 aromatic rings. The van der Waals surface area contributed by atoms with Gasteiger partial charge in [-0.3, -0.25) is 4.74 Å². The summed E-state index contributed by atoms with van der Waals surface area (Å²) in [6.45, 7) is 3.26. The third kappa shape index (κ3) is 2.00. The number of rotatable bonds is 2. The zero-order valence-electron chi connectivity index (χ0n) is 11.2. The van der Waals surface area contributed by atoms with E-state index in [2.05, 4.69) is 9.80 Å². The summed E-state index contributed by atoms with van der Waals surface area (Å²) in [5, 5.41) is 11.2. The number of hydrogen-bond acceptors (Lipinski definition) is 5. The molecule has 7 heteroatoms. The predicted octanol–water partition coefficient (Wildman–Crippen LogP) is -0.842. The Morgan fingerprint density at radius 1 is 1.25 bits per heavy atom. The van der Waals surface area contributed by atoms with Gasteiger partial charge in [0.1, 0.15) is 19.6 Å². The molecule has 1 aromatic carbocycles. The summed E-state index contributed by atoms with van der Waals surface area (Å²) in [6, 6.07) is 6.97. The van der Waals surface area contributed by atoms with E-state index in [-0.39, 0.29) is 5.56 Å². The van der Waals surface area contributed by atoms with Crippen molar-refractivity contribution in [2.75, 3.05) is 38.9 Å². The average molecular weight is 292 g/mol. The van der Waals surface area contributed by atoms with Crippen molar-refractivity contribution in [1.29, 1.82) is 0 Å². The van der Waals surface area contributed by atoms with Crippen molar-refractivity contribution in [1.82, 2.24) is 9.80 Å². The van der Waals surface area contributed by atoms with E-state index in [9.17, 15) is 9.90 Å². The first-order valence-corrected chi connectivity index (χ1v) is 9.11. The molecule has 0 saturated carbocycles. The number of hydrogen-bond donors (Lipinski definition) is 1. The highest BCUT2D eigenvalue weighted by Gasteiger charge is 2.46. The van der Waals surface area contributed by atoms with Crippen LogP contribution >= 0.6 is 7.05 Å². The fourth-order valence-corrected chi connectivity index (χ4v) is 7.74. The highest BCUT2D eigenvalue weighted by molar-refractivity contribution is 7.66. The van der Waals surface area contributed by atoms with Crippen molar-refractivity contribution in [3.05, 3.63) is 29.8 Å². The second-order valence-corrected chi connectivity index (χ2v) is 9.26. The number of carbonyl (C=O) groups is 1. The first-order chi connectivity index (χ1) is 9.63. The van der Waals surface area contributed by atoms with Gasteiger partial charge >= 0.3 is 0 Å². The van der Waals surface area contributed by atoms with E-state index in [1.807, 2.05) is 6.07 Å². The number of benzene rings is 1. The van der Waals surface area contributed by atoms with Crippen molar-refractivity contribution >= 4 is 18.7 Å².